The van der Waals surface area contributed by atoms with Gasteiger partial charge >= 0.3 is 5.97 Å². The first-order valence-electron chi connectivity index (χ1n) is 5.76. The number of hydrogen-bond donors (Lipinski definition) is 0. The van der Waals surface area contributed by atoms with Crippen molar-refractivity contribution in [2.24, 2.45) is 5.92 Å². The molecule has 0 saturated carbocycles. The van der Waals surface area contributed by atoms with Crippen molar-refractivity contribution >= 4 is 5.97 Å². The molecule has 2 aliphatic heterocycles. The first kappa shape index (κ1) is 10.9. The highest BCUT2D eigenvalue weighted by Gasteiger charge is 2.31. The molecule has 4 heteroatoms. The topological polar surface area (TPSA) is 38.8 Å². The van der Waals surface area contributed by atoms with Gasteiger partial charge in [0.2, 0.25) is 0 Å². The van der Waals surface area contributed by atoms with Crippen molar-refractivity contribution < 1.29 is 14.3 Å². The summed E-state index contributed by atoms with van der Waals surface area (Å²) in [5.41, 5.74) is 0. The monoisotopic (exact) mass is 213 g/mol. The molecule has 15 heavy (non-hydrogen) atoms. The fourth-order valence-electron chi connectivity index (χ4n) is 2.24. The molecule has 86 valence electrons. The highest BCUT2D eigenvalue weighted by atomic mass is 16.5. The van der Waals surface area contributed by atoms with Crippen LogP contribution in [0.15, 0.2) is 0 Å². The third kappa shape index (κ3) is 2.92. The van der Waals surface area contributed by atoms with E-state index in [2.05, 4.69) is 4.90 Å². The second-order valence-corrected chi connectivity index (χ2v) is 4.42. The fourth-order valence-corrected chi connectivity index (χ4v) is 2.24. The Morgan fingerprint density at radius 3 is 2.73 bits per heavy atom. The third-order valence-electron chi connectivity index (χ3n) is 3.16. The molecule has 0 N–H and O–H groups in total. The number of morpholine rings is 1. The van der Waals surface area contributed by atoms with Gasteiger partial charge in [0, 0.05) is 13.1 Å². The summed E-state index contributed by atoms with van der Waals surface area (Å²) < 4.78 is 10.4. The normalized spacial score (nSPS) is 33.0. The molecule has 0 aromatic heterocycles. The summed E-state index contributed by atoms with van der Waals surface area (Å²) >= 11 is 0. The van der Waals surface area contributed by atoms with Crippen LogP contribution in [0.25, 0.3) is 0 Å². The van der Waals surface area contributed by atoms with Crippen LogP contribution in [0, 0.1) is 5.92 Å². The first-order chi connectivity index (χ1) is 7.25. The Morgan fingerprint density at radius 1 is 1.40 bits per heavy atom. The summed E-state index contributed by atoms with van der Waals surface area (Å²) in [5.74, 6) is 0.124. The van der Waals surface area contributed by atoms with Gasteiger partial charge in [-0.05, 0) is 26.3 Å². The Kier molecular flexibility index (Phi) is 3.59. The summed E-state index contributed by atoms with van der Waals surface area (Å²) in [6.45, 7) is 6.61. The van der Waals surface area contributed by atoms with Gasteiger partial charge in [-0.15, -0.1) is 0 Å². The van der Waals surface area contributed by atoms with Gasteiger partial charge in [0.15, 0.2) is 0 Å². The Balaban J connectivity index is 1.70. The van der Waals surface area contributed by atoms with Gasteiger partial charge in [-0.2, -0.15) is 0 Å². The lowest BCUT2D eigenvalue weighted by Gasteiger charge is -2.26. The van der Waals surface area contributed by atoms with E-state index >= 15 is 0 Å². The Hall–Kier alpha value is -0.610. The number of carbonyl (C=O) groups is 1. The van der Waals surface area contributed by atoms with Crippen molar-refractivity contribution in [1.82, 2.24) is 4.90 Å². The van der Waals surface area contributed by atoms with Crippen molar-refractivity contribution in [2.75, 3.05) is 32.8 Å². The molecule has 2 fully saturated rings. The van der Waals surface area contributed by atoms with Crippen LogP contribution in [0.4, 0.5) is 0 Å². The lowest BCUT2D eigenvalue weighted by molar-refractivity contribution is -0.144. The van der Waals surface area contributed by atoms with Crippen molar-refractivity contribution in [2.45, 2.75) is 25.9 Å². The molecule has 2 rings (SSSR count). The molecule has 2 atom stereocenters. The number of carbonyl (C=O) groups excluding carboxylic acids is 1. The van der Waals surface area contributed by atoms with Gasteiger partial charge in [-0.25, -0.2) is 0 Å². The Labute approximate surface area is 90.5 Å². The predicted molar refractivity (Wildman–Crippen MR) is 55.5 cm³/mol. The number of ether oxygens (including phenoxy) is 2. The maximum Gasteiger partial charge on any atom is 0.309 e. The van der Waals surface area contributed by atoms with Crippen LogP contribution in [0.5, 0.6) is 0 Å². The summed E-state index contributed by atoms with van der Waals surface area (Å²) in [5, 5.41) is 0. The van der Waals surface area contributed by atoms with E-state index in [1.54, 1.807) is 0 Å². The van der Waals surface area contributed by atoms with E-state index in [9.17, 15) is 4.79 Å². The average Bonchev–Trinajstić information content (AvgIpc) is 2.56. The van der Waals surface area contributed by atoms with E-state index < -0.39 is 0 Å². The van der Waals surface area contributed by atoms with Crippen LogP contribution in [0.3, 0.4) is 0 Å². The second-order valence-electron chi connectivity index (χ2n) is 4.42. The van der Waals surface area contributed by atoms with E-state index in [1.807, 2.05) is 6.92 Å². The van der Waals surface area contributed by atoms with E-state index in [4.69, 9.17) is 9.47 Å². The largest absolute Gasteiger partial charge is 0.462 e. The number of hydrogen-bond acceptors (Lipinski definition) is 4. The van der Waals surface area contributed by atoms with Crippen LogP contribution < -0.4 is 0 Å². The lowest BCUT2D eigenvalue weighted by Crippen LogP contribution is -2.37. The zero-order valence-corrected chi connectivity index (χ0v) is 9.28. The smallest absolute Gasteiger partial charge is 0.309 e. The summed E-state index contributed by atoms with van der Waals surface area (Å²) in [7, 11) is 0. The number of rotatable bonds is 3. The average molecular weight is 213 g/mol. The van der Waals surface area contributed by atoms with Crippen molar-refractivity contribution in [3.63, 3.8) is 0 Å². The lowest BCUT2D eigenvalue weighted by atomic mass is 10.0. The molecule has 2 aliphatic rings. The number of esters is 1. The van der Waals surface area contributed by atoms with Gasteiger partial charge in [-0.1, -0.05) is 0 Å². The van der Waals surface area contributed by atoms with Crippen LogP contribution in [-0.4, -0.2) is 49.8 Å². The molecule has 0 bridgehead atoms. The summed E-state index contributed by atoms with van der Waals surface area (Å²) in [6.07, 6.45) is 1.94. The van der Waals surface area contributed by atoms with E-state index in [-0.39, 0.29) is 18.0 Å². The second kappa shape index (κ2) is 4.94. The summed E-state index contributed by atoms with van der Waals surface area (Å²) in [4.78, 5) is 13.8. The molecule has 0 aromatic carbocycles. The Bertz CT molecular complexity index is 226. The Morgan fingerprint density at radius 2 is 2.13 bits per heavy atom. The maximum absolute atomic E-state index is 11.4. The number of nitrogens with zero attached hydrogens (tertiary/aromatic N) is 1. The molecular weight excluding hydrogens is 194 g/mol. The molecule has 0 radical (unpaired) electrons. The van der Waals surface area contributed by atoms with E-state index in [1.165, 1.54) is 0 Å². The van der Waals surface area contributed by atoms with Gasteiger partial charge in [0.1, 0.15) is 0 Å². The van der Waals surface area contributed by atoms with Crippen molar-refractivity contribution in [3.05, 3.63) is 0 Å². The van der Waals surface area contributed by atoms with Crippen molar-refractivity contribution in [1.29, 1.82) is 0 Å². The van der Waals surface area contributed by atoms with Crippen LogP contribution >= 0.6 is 0 Å². The zero-order valence-electron chi connectivity index (χ0n) is 9.28. The van der Waals surface area contributed by atoms with Crippen LogP contribution in [0.2, 0.25) is 0 Å². The molecule has 0 aliphatic carbocycles. The molecule has 0 spiro atoms. The van der Waals surface area contributed by atoms with Crippen molar-refractivity contribution in [3.8, 4) is 0 Å². The highest BCUT2D eigenvalue weighted by molar-refractivity contribution is 5.74. The quantitative estimate of drug-likeness (QED) is 0.646. The fraction of sp³-hybridized carbons (Fsp3) is 0.909. The van der Waals surface area contributed by atoms with Gasteiger partial charge in [-0.3, -0.25) is 9.69 Å². The molecule has 0 unspecified atom stereocenters. The molecule has 2 heterocycles. The number of cyclic esters (lactones) is 1. The minimum absolute atomic E-state index is 0.00393. The van der Waals surface area contributed by atoms with Crippen LogP contribution in [0.1, 0.15) is 19.8 Å². The molecule has 0 aromatic rings. The SMILES string of the molecule is C[C@H]1C[C@H](CCN2CCOCC2)C(=O)O1. The molecule has 0 amide bonds. The molecule has 2 saturated heterocycles. The van der Waals surface area contributed by atoms with Gasteiger partial charge in [0.05, 0.1) is 25.2 Å². The van der Waals surface area contributed by atoms with E-state index in [0.717, 1.165) is 45.7 Å². The minimum Gasteiger partial charge on any atom is -0.462 e. The van der Waals surface area contributed by atoms with Gasteiger partial charge < -0.3 is 9.47 Å². The third-order valence-corrected chi connectivity index (χ3v) is 3.16. The van der Waals surface area contributed by atoms with Crippen LogP contribution in [-0.2, 0) is 14.3 Å². The van der Waals surface area contributed by atoms with Gasteiger partial charge in [0.25, 0.3) is 0 Å². The predicted octanol–water partition coefficient (Wildman–Crippen LogP) is 0.660. The summed E-state index contributed by atoms with van der Waals surface area (Å²) in [6, 6.07) is 0. The standard InChI is InChI=1S/C11H19NO3/c1-9-8-10(11(13)15-9)2-3-12-4-6-14-7-5-12/h9-10H,2-8H2,1H3/t9-,10-/m0/s1. The zero-order chi connectivity index (χ0) is 10.7. The maximum atomic E-state index is 11.4. The molecule has 4 nitrogen and oxygen atoms in total. The highest BCUT2D eigenvalue weighted by Crippen LogP contribution is 2.23. The minimum atomic E-state index is -0.00393. The molecular formula is C11H19NO3. The first-order valence-corrected chi connectivity index (χ1v) is 5.76. The van der Waals surface area contributed by atoms with E-state index in [0.29, 0.717) is 0 Å².